The lowest BCUT2D eigenvalue weighted by Gasteiger charge is -2.10. The van der Waals surface area contributed by atoms with E-state index < -0.39 is 10.0 Å². The van der Waals surface area contributed by atoms with Gasteiger partial charge in [0.2, 0.25) is 10.0 Å². The van der Waals surface area contributed by atoms with Gasteiger partial charge in [-0.15, -0.1) is 5.10 Å². The van der Waals surface area contributed by atoms with Gasteiger partial charge >= 0.3 is 0 Å². The largest absolute Gasteiger partial charge is 0.381 e. The molecular formula is C12H15BrN4O2S. The minimum absolute atomic E-state index is 0.170. The van der Waals surface area contributed by atoms with Crippen molar-refractivity contribution in [1.29, 1.82) is 0 Å². The van der Waals surface area contributed by atoms with Crippen molar-refractivity contribution in [2.24, 2.45) is 0 Å². The van der Waals surface area contributed by atoms with Crippen molar-refractivity contribution in [3.05, 3.63) is 34.9 Å². The van der Waals surface area contributed by atoms with Crippen LogP contribution in [0.15, 0.2) is 39.8 Å². The lowest BCUT2D eigenvalue weighted by Crippen LogP contribution is -2.25. The number of para-hydroxylation sites is 1. The summed E-state index contributed by atoms with van der Waals surface area (Å²) in [4.78, 5) is 0.170. The molecule has 0 atom stereocenters. The van der Waals surface area contributed by atoms with Crippen molar-refractivity contribution in [3.63, 3.8) is 0 Å². The van der Waals surface area contributed by atoms with Crippen molar-refractivity contribution in [1.82, 2.24) is 14.5 Å². The second kappa shape index (κ2) is 5.94. The van der Waals surface area contributed by atoms with Crippen LogP contribution in [0.25, 0.3) is 5.69 Å². The fourth-order valence-electron chi connectivity index (χ4n) is 1.68. The second-order valence-electron chi connectivity index (χ2n) is 4.17. The smallest absolute Gasteiger partial charge is 0.242 e. The van der Waals surface area contributed by atoms with Gasteiger partial charge in [0.15, 0.2) is 5.82 Å². The number of halogens is 1. The van der Waals surface area contributed by atoms with Crippen LogP contribution in [0.5, 0.6) is 0 Å². The summed E-state index contributed by atoms with van der Waals surface area (Å²) in [6.07, 6.45) is 2.35. The third-order valence-electron chi connectivity index (χ3n) is 2.64. The Hall–Kier alpha value is -1.38. The standard InChI is InChI=1S/C12H15BrN4O2S/c1-2-7-15-20(18,19)11-6-4-3-5-10(11)17-8-9(13)12(14)16-17/h3-6,8,15H,2,7H2,1H3,(H2,14,16). The van der Waals surface area contributed by atoms with E-state index in [4.69, 9.17) is 5.73 Å². The molecule has 6 nitrogen and oxygen atoms in total. The van der Waals surface area contributed by atoms with Crippen molar-refractivity contribution < 1.29 is 8.42 Å². The van der Waals surface area contributed by atoms with E-state index in [0.29, 0.717) is 22.5 Å². The highest BCUT2D eigenvalue weighted by molar-refractivity contribution is 9.10. The van der Waals surface area contributed by atoms with E-state index in [-0.39, 0.29) is 4.90 Å². The van der Waals surface area contributed by atoms with Crippen LogP contribution in [0, 0.1) is 0 Å². The van der Waals surface area contributed by atoms with E-state index in [2.05, 4.69) is 25.8 Å². The van der Waals surface area contributed by atoms with Gasteiger partial charge in [-0.2, -0.15) is 0 Å². The normalized spacial score (nSPS) is 11.7. The van der Waals surface area contributed by atoms with E-state index >= 15 is 0 Å². The molecule has 1 aromatic carbocycles. The zero-order chi connectivity index (χ0) is 14.8. The molecule has 1 aromatic heterocycles. The highest BCUT2D eigenvalue weighted by atomic mass is 79.9. The van der Waals surface area contributed by atoms with Gasteiger partial charge in [-0.25, -0.2) is 17.8 Å². The number of hydrogen-bond acceptors (Lipinski definition) is 4. The first kappa shape index (κ1) is 15.0. The zero-order valence-electron chi connectivity index (χ0n) is 10.9. The van der Waals surface area contributed by atoms with Crippen LogP contribution >= 0.6 is 15.9 Å². The molecule has 0 amide bonds. The predicted octanol–water partition coefficient (Wildman–Crippen LogP) is 1.91. The lowest BCUT2D eigenvalue weighted by molar-refractivity contribution is 0.579. The van der Waals surface area contributed by atoms with Gasteiger partial charge in [0.25, 0.3) is 0 Å². The van der Waals surface area contributed by atoms with Crippen molar-refractivity contribution in [2.45, 2.75) is 18.2 Å². The summed E-state index contributed by atoms with van der Waals surface area (Å²) in [5.41, 5.74) is 6.13. The number of nitrogens with one attached hydrogen (secondary N) is 1. The zero-order valence-corrected chi connectivity index (χ0v) is 13.3. The monoisotopic (exact) mass is 358 g/mol. The van der Waals surface area contributed by atoms with Crippen molar-refractivity contribution in [2.75, 3.05) is 12.3 Å². The molecule has 2 aromatic rings. The van der Waals surface area contributed by atoms with E-state index in [9.17, 15) is 8.42 Å². The Morgan fingerprint density at radius 2 is 2.10 bits per heavy atom. The number of aromatic nitrogens is 2. The van der Waals surface area contributed by atoms with Gasteiger partial charge in [-0.3, -0.25) is 0 Å². The molecule has 8 heteroatoms. The minimum atomic E-state index is -3.57. The molecule has 0 spiro atoms. The molecule has 108 valence electrons. The quantitative estimate of drug-likeness (QED) is 0.853. The molecular weight excluding hydrogens is 344 g/mol. The Bertz CT molecular complexity index is 692. The molecule has 0 aliphatic rings. The maximum absolute atomic E-state index is 12.3. The van der Waals surface area contributed by atoms with Gasteiger partial charge in [0.05, 0.1) is 10.2 Å². The van der Waals surface area contributed by atoms with Crippen LogP contribution < -0.4 is 10.5 Å². The maximum atomic E-state index is 12.3. The van der Waals surface area contributed by atoms with Gasteiger partial charge in [-0.05, 0) is 34.5 Å². The summed E-state index contributed by atoms with van der Waals surface area (Å²) in [5, 5.41) is 4.09. The van der Waals surface area contributed by atoms with Crippen LogP contribution in [0.2, 0.25) is 0 Å². The number of hydrogen-bond donors (Lipinski definition) is 2. The summed E-state index contributed by atoms with van der Waals surface area (Å²) in [5.74, 6) is 0.304. The first-order chi connectivity index (χ1) is 9.45. The Labute approximate surface area is 126 Å². The van der Waals surface area contributed by atoms with E-state index in [0.717, 1.165) is 6.42 Å². The number of benzene rings is 1. The molecule has 1 heterocycles. The molecule has 0 aliphatic heterocycles. The van der Waals surface area contributed by atoms with Gasteiger partial charge < -0.3 is 5.73 Å². The first-order valence-electron chi connectivity index (χ1n) is 6.05. The van der Waals surface area contributed by atoms with Gasteiger partial charge in [0.1, 0.15) is 4.90 Å². The van der Waals surface area contributed by atoms with E-state index in [1.54, 1.807) is 30.5 Å². The van der Waals surface area contributed by atoms with Crippen LogP contribution in [0.1, 0.15) is 13.3 Å². The highest BCUT2D eigenvalue weighted by Crippen LogP contribution is 2.23. The SMILES string of the molecule is CCCNS(=O)(=O)c1ccccc1-n1cc(Br)c(N)n1. The van der Waals surface area contributed by atoms with Crippen LogP contribution in [0.4, 0.5) is 5.82 Å². The van der Waals surface area contributed by atoms with Gasteiger partial charge in [-0.1, -0.05) is 19.1 Å². The fraction of sp³-hybridized carbons (Fsp3) is 0.250. The summed E-state index contributed by atoms with van der Waals surface area (Å²) in [6.45, 7) is 2.29. The Balaban J connectivity index is 2.51. The number of rotatable bonds is 5. The topological polar surface area (TPSA) is 90.0 Å². The molecule has 0 aliphatic carbocycles. The minimum Gasteiger partial charge on any atom is -0.381 e. The van der Waals surface area contributed by atoms with Gasteiger partial charge in [0, 0.05) is 12.7 Å². The first-order valence-corrected chi connectivity index (χ1v) is 8.33. The molecule has 0 fully saturated rings. The molecule has 0 bridgehead atoms. The Morgan fingerprint density at radius 3 is 2.70 bits per heavy atom. The molecule has 2 rings (SSSR count). The van der Waals surface area contributed by atoms with Crippen LogP contribution in [0.3, 0.4) is 0 Å². The molecule has 0 saturated heterocycles. The van der Waals surface area contributed by atoms with Crippen LogP contribution in [-0.2, 0) is 10.0 Å². The number of nitrogens with two attached hydrogens (primary N) is 1. The Kier molecular flexibility index (Phi) is 4.46. The second-order valence-corrected chi connectivity index (χ2v) is 6.76. The maximum Gasteiger partial charge on any atom is 0.242 e. The predicted molar refractivity (Wildman–Crippen MR) is 81.2 cm³/mol. The van der Waals surface area contributed by atoms with Crippen LogP contribution in [-0.4, -0.2) is 24.7 Å². The number of nitrogens with zero attached hydrogens (tertiary/aromatic N) is 2. The van der Waals surface area contributed by atoms with Crippen molar-refractivity contribution in [3.8, 4) is 5.69 Å². The molecule has 20 heavy (non-hydrogen) atoms. The lowest BCUT2D eigenvalue weighted by atomic mass is 10.3. The van der Waals surface area contributed by atoms with E-state index in [1.807, 2.05) is 6.92 Å². The number of nitrogen functional groups attached to an aromatic ring is 1. The third kappa shape index (κ3) is 3.02. The highest BCUT2D eigenvalue weighted by Gasteiger charge is 2.19. The summed E-state index contributed by atoms with van der Waals surface area (Å²) >= 11 is 3.26. The molecule has 0 unspecified atom stereocenters. The molecule has 0 saturated carbocycles. The number of anilines is 1. The molecule has 3 N–H and O–H groups in total. The summed E-state index contributed by atoms with van der Waals surface area (Å²) in [6, 6.07) is 6.64. The summed E-state index contributed by atoms with van der Waals surface area (Å²) < 4.78 is 29.2. The molecule has 0 radical (unpaired) electrons. The van der Waals surface area contributed by atoms with Crippen molar-refractivity contribution >= 4 is 31.8 Å². The summed E-state index contributed by atoms with van der Waals surface area (Å²) in [7, 11) is -3.57. The fourth-order valence-corrected chi connectivity index (χ4v) is 3.27. The van der Waals surface area contributed by atoms with E-state index in [1.165, 1.54) is 4.68 Å². The average molecular weight is 359 g/mol. The Morgan fingerprint density at radius 1 is 1.40 bits per heavy atom. The third-order valence-corrected chi connectivity index (χ3v) is 4.76. The number of sulfonamides is 1. The average Bonchev–Trinajstić information content (AvgIpc) is 2.76.